The monoisotopic (exact) mass is 290 g/mol. The van der Waals surface area contributed by atoms with E-state index in [2.05, 4.69) is 10.5 Å². The zero-order valence-corrected chi connectivity index (χ0v) is 12.3. The molecule has 1 aromatic carbocycles. The summed E-state index contributed by atoms with van der Waals surface area (Å²) in [6, 6.07) is 4.96. The van der Waals surface area contributed by atoms with E-state index in [1.165, 1.54) is 6.42 Å². The Labute approximate surface area is 125 Å². The van der Waals surface area contributed by atoms with E-state index in [9.17, 15) is 9.90 Å². The standard InChI is InChI=1S/C16H22N2O3/c1-2-21-15-10-12(8-9-14(15)19)11-17-18-16(20)13-6-4-3-5-7-13/h8-11,13,19H,2-7H2,1H3,(H,18,20). The number of hydrogen-bond donors (Lipinski definition) is 2. The summed E-state index contributed by atoms with van der Waals surface area (Å²) >= 11 is 0. The molecule has 5 nitrogen and oxygen atoms in total. The van der Waals surface area contributed by atoms with Gasteiger partial charge < -0.3 is 9.84 Å². The van der Waals surface area contributed by atoms with Gasteiger partial charge in [0.05, 0.1) is 12.8 Å². The first kappa shape index (κ1) is 15.4. The molecule has 1 amide bonds. The second-order valence-corrected chi connectivity index (χ2v) is 5.23. The first-order valence-electron chi connectivity index (χ1n) is 7.49. The molecule has 0 aliphatic heterocycles. The number of phenols is 1. The molecule has 1 aromatic rings. The highest BCUT2D eigenvalue weighted by molar-refractivity contribution is 5.84. The number of hydrogen-bond acceptors (Lipinski definition) is 4. The van der Waals surface area contributed by atoms with Gasteiger partial charge in [0.15, 0.2) is 11.5 Å². The predicted molar refractivity (Wildman–Crippen MR) is 81.6 cm³/mol. The van der Waals surface area contributed by atoms with Gasteiger partial charge in [-0.2, -0.15) is 5.10 Å². The maximum absolute atomic E-state index is 11.9. The average Bonchev–Trinajstić information content (AvgIpc) is 2.51. The molecule has 2 N–H and O–H groups in total. The SMILES string of the molecule is CCOc1cc(C=NNC(=O)C2CCCCC2)ccc1O. The third-order valence-corrected chi connectivity index (χ3v) is 3.65. The molecule has 0 aromatic heterocycles. The van der Waals surface area contributed by atoms with E-state index in [4.69, 9.17) is 4.74 Å². The van der Waals surface area contributed by atoms with Crippen molar-refractivity contribution in [2.75, 3.05) is 6.61 Å². The number of amides is 1. The van der Waals surface area contributed by atoms with Crippen molar-refractivity contribution in [2.24, 2.45) is 11.0 Å². The number of ether oxygens (including phenoxy) is 1. The quantitative estimate of drug-likeness (QED) is 0.647. The number of aromatic hydroxyl groups is 1. The Morgan fingerprint density at radius 3 is 2.90 bits per heavy atom. The first-order chi connectivity index (χ1) is 10.2. The Balaban J connectivity index is 1.91. The molecule has 2 rings (SSSR count). The summed E-state index contributed by atoms with van der Waals surface area (Å²) in [4.78, 5) is 11.9. The number of rotatable bonds is 5. The molecule has 0 unspecified atom stereocenters. The van der Waals surface area contributed by atoms with Gasteiger partial charge in [0.2, 0.25) is 5.91 Å². The van der Waals surface area contributed by atoms with Crippen molar-refractivity contribution in [3.05, 3.63) is 23.8 Å². The average molecular weight is 290 g/mol. The molecule has 0 atom stereocenters. The molecule has 21 heavy (non-hydrogen) atoms. The second-order valence-electron chi connectivity index (χ2n) is 5.23. The molecule has 1 aliphatic carbocycles. The fourth-order valence-electron chi connectivity index (χ4n) is 2.51. The van der Waals surface area contributed by atoms with E-state index in [-0.39, 0.29) is 17.6 Å². The highest BCUT2D eigenvalue weighted by Crippen LogP contribution is 2.26. The maximum Gasteiger partial charge on any atom is 0.243 e. The number of nitrogens with one attached hydrogen (secondary N) is 1. The fourth-order valence-corrected chi connectivity index (χ4v) is 2.51. The normalized spacial score (nSPS) is 16.0. The highest BCUT2D eigenvalue weighted by Gasteiger charge is 2.20. The zero-order chi connectivity index (χ0) is 15.1. The van der Waals surface area contributed by atoms with Crippen LogP contribution < -0.4 is 10.2 Å². The number of carbonyl (C=O) groups is 1. The topological polar surface area (TPSA) is 70.9 Å². The predicted octanol–water partition coefficient (Wildman–Crippen LogP) is 2.82. The van der Waals surface area contributed by atoms with Crippen molar-refractivity contribution in [3.8, 4) is 11.5 Å². The minimum absolute atomic E-state index is 0.00485. The van der Waals surface area contributed by atoms with Crippen LogP contribution in [-0.2, 0) is 4.79 Å². The Morgan fingerprint density at radius 2 is 2.19 bits per heavy atom. The van der Waals surface area contributed by atoms with Crippen molar-refractivity contribution in [1.29, 1.82) is 0 Å². The van der Waals surface area contributed by atoms with E-state index in [1.54, 1.807) is 24.4 Å². The maximum atomic E-state index is 11.9. The summed E-state index contributed by atoms with van der Waals surface area (Å²) in [5.41, 5.74) is 3.36. The minimum atomic E-state index is -0.00485. The Bertz CT molecular complexity index is 508. The Kier molecular flexibility index (Phi) is 5.60. The number of nitrogens with zero attached hydrogens (tertiary/aromatic N) is 1. The van der Waals surface area contributed by atoms with Gasteiger partial charge in [-0.1, -0.05) is 19.3 Å². The largest absolute Gasteiger partial charge is 0.504 e. The van der Waals surface area contributed by atoms with E-state index < -0.39 is 0 Å². The fraction of sp³-hybridized carbons (Fsp3) is 0.500. The molecule has 114 valence electrons. The van der Waals surface area contributed by atoms with Gasteiger partial charge in [0.1, 0.15) is 0 Å². The van der Waals surface area contributed by atoms with Crippen LogP contribution in [0.25, 0.3) is 0 Å². The summed E-state index contributed by atoms with van der Waals surface area (Å²) in [6.07, 6.45) is 6.93. The smallest absolute Gasteiger partial charge is 0.243 e. The molecule has 0 saturated heterocycles. The van der Waals surface area contributed by atoms with Gasteiger partial charge in [-0.15, -0.1) is 0 Å². The Hall–Kier alpha value is -2.04. The molecular weight excluding hydrogens is 268 g/mol. The number of benzene rings is 1. The summed E-state index contributed by atoms with van der Waals surface area (Å²) in [7, 11) is 0. The third kappa shape index (κ3) is 4.48. The third-order valence-electron chi connectivity index (χ3n) is 3.65. The summed E-state index contributed by atoms with van der Waals surface area (Å²) < 4.78 is 5.30. The second kappa shape index (κ2) is 7.67. The molecule has 1 aliphatic rings. The van der Waals surface area contributed by atoms with Gasteiger partial charge in [-0.25, -0.2) is 5.43 Å². The molecular formula is C16H22N2O3. The summed E-state index contributed by atoms with van der Waals surface area (Å²) in [5, 5.41) is 13.6. The van der Waals surface area contributed by atoms with Crippen LogP contribution in [-0.4, -0.2) is 23.8 Å². The van der Waals surface area contributed by atoms with Crippen LogP contribution in [0.2, 0.25) is 0 Å². The van der Waals surface area contributed by atoms with Crippen LogP contribution >= 0.6 is 0 Å². The van der Waals surface area contributed by atoms with Crippen LogP contribution in [0.5, 0.6) is 11.5 Å². The minimum Gasteiger partial charge on any atom is -0.504 e. The zero-order valence-electron chi connectivity index (χ0n) is 12.3. The van der Waals surface area contributed by atoms with Gasteiger partial charge in [0, 0.05) is 5.92 Å². The van der Waals surface area contributed by atoms with Crippen molar-refractivity contribution in [3.63, 3.8) is 0 Å². The highest BCUT2D eigenvalue weighted by atomic mass is 16.5. The van der Waals surface area contributed by atoms with Gasteiger partial charge >= 0.3 is 0 Å². The van der Waals surface area contributed by atoms with Crippen molar-refractivity contribution in [2.45, 2.75) is 39.0 Å². The molecule has 1 saturated carbocycles. The van der Waals surface area contributed by atoms with Crippen molar-refractivity contribution in [1.82, 2.24) is 5.43 Å². The summed E-state index contributed by atoms with van der Waals surface area (Å²) in [6.45, 7) is 2.33. The lowest BCUT2D eigenvalue weighted by Crippen LogP contribution is -2.28. The van der Waals surface area contributed by atoms with Crippen LogP contribution in [0.3, 0.4) is 0 Å². The lowest BCUT2D eigenvalue weighted by molar-refractivity contribution is -0.125. The van der Waals surface area contributed by atoms with E-state index in [1.807, 2.05) is 6.92 Å². The van der Waals surface area contributed by atoms with Crippen molar-refractivity contribution >= 4 is 12.1 Å². The van der Waals surface area contributed by atoms with Crippen LogP contribution in [0.4, 0.5) is 0 Å². The van der Waals surface area contributed by atoms with Crippen LogP contribution in [0, 0.1) is 5.92 Å². The number of phenolic OH excluding ortho intramolecular Hbond substituents is 1. The van der Waals surface area contributed by atoms with E-state index in [0.29, 0.717) is 12.4 Å². The number of carbonyl (C=O) groups excluding carboxylic acids is 1. The molecule has 5 heteroatoms. The van der Waals surface area contributed by atoms with E-state index >= 15 is 0 Å². The van der Waals surface area contributed by atoms with E-state index in [0.717, 1.165) is 31.2 Å². The molecule has 0 radical (unpaired) electrons. The summed E-state index contributed by atoms with van der Waals surface area (Å²) in [5.74, 6) is 0.602. The molecule has 0 spiro atoms. The number of hydrazone groups is 1. The first-order valence-corrected chi connectivity index (χ1v) is 7.49. The molecule has 0 heterocycles. The van der Waals surface area contributed by atoms with Gasteiger partial charge in [-0.05, 0) is 43.5 Å². The Morgan fingerprint density at radius 1 is 1.43 bits per heavy atom. The van der Waals surface area contributed by atoms with Gasteiger partial charge in [0.25, 0.3) is 0 Å². The molecule has 0 bridgehead atoms. The lowest BCUT2D eigenvalue weighted by Gasteiger charge is -2.19. The van der Waals surface area contributed by atoms with Crippen LogP contribution in [0.15, 0.2) is 23.3 Å². The molecule has 1 fully saturated rings. The van der Waals surface area contributed by atoms with Crippen LogP contribution in [0.1, 0.15) is 44.6 Å². The lowest BCUT2D eigenvalue weighted by atomic mass is 9.89. The van der Waals surface area contributed by atoms with Crippen molar-refractivity contribution < 1.29 is 14.6 Å². The van der Waals surface area contributed by atoms with Gasteiger partial charge in [-0.3, -0.25) is 4.79 Å².